The Balaban J connectivity index is 1.94. The summed E-state index contributed by atoms with van der Waals surface area (Å²) in [4.78, 5) is 53.3. The average Bonchev–Trinajstić information content (AvgIpc) is 3.19. The molecule has 43 heavy (non-hydrogen) atoms. The van der Waals surface area contributed by atoms with Crippen LogP contribution in [0.25, 0.3) is 10.4 Å². The first-order chi connectivity index (χ1) is 20.0. The zero-order valence-electron chi connectivity index (χ0n) is 24.6. The Bertz CT molecular complexity index is 1380. The Morgan fingerprint density at radius 3 is 2.09 bits per heavy atom. The number of likely N-dealkylation sites (tertiary alicyclic amines) is 1. The molecule has 15 heteroatoms. The van der Waals surface area contributed by atoms with Gasteiger partial charge in [-0.1, -0.05) is 29.4 Å². The van der Waals surface area contributed by atoms with Gasteiger partial charge in [-0.15, -0.1) is 0 Å². The number of non-ortho nitro benzene ring substituents is 1. The van der Waals surface area contributed by atoms with Crippen LogP contribution in [0.15, 0.2) is 53.6 Å². The predicted octanol–water partition coefficient (Wildman–Crippen LogP) is 6.60. The van der Waals surface area contributed by atoms with Crippen molar-refractivity contribution in [2.75, 3.05) is 6.54 Å². The smallest absolute Gasteiger partial charge is 0.444 e. The molecule has 15 nitrogen and oxygen atoms in total. The Kier molecular flexibility index (Phi) is 10.0. The highest BCUT2D eigenvalue weighted by Crippen LogP contribution is 2.31. The van der Waals surface area contributed by atoms with Crippen LogP contribution in [0.4, 0.5) is 25.8 Å². The van der Waals surface area contributed by atoms with Crippen molar-refractivity contribution in [3.63, 3.8) is 0 Å². The molecular formula is C28H33N5O10. The van der Waals surface area contributed by atoms with Gasteiger partial charge in [-0.05, 0) is 71.2 Å². The molecule has 0 bridgehead atoms. The van der Waals surface area contributed by atoms with E-state index in [-0.39, 0.29) is 24.4 Å². The van der Waals surface area contributed by atoms with E-state index >= 15 is 0 Å². The molecule has 1 amide bonds. The quantitative estimate of drug-likeness (QED) is 0.0489. The summed E-state index contributed by atoms with van der Waals surface area (Å²) in [5.41, 5.74) is 7.78. The van der Waals surface area contributed by atoms with Crippen molar-refractivity contribution in [3.8, 4) is 5.75 Å². The lowest BCUT2D eigenvalue weighted by Gasteiger charge is -2.30. The van der Waals surface area contributed by atoms with Crippen LogP contribution in [0.5, 0.6) is 5.75 Å². The number of rotatable bonds is 7. The van der Waals surface area contributed by atoms with E-state index in [0.29, 0.717) is 11.3 Å². The number of nitro groups is 1. The number of hydrogen-bond acceptors (Lipinski definition) is 11. The Hall–Kier alpha value is -5.04. The minimum atomic E-state index is -1.25. The lowest BCUT2D eigenvalue weighted by Crippen LogP contribution is -2.45. The van der Waals surface area contributed by atoms with Crippen LogP contribution in [-0.2, 0) is 25.4 Å². The van der Waals surface area contributed by atoms with E-state index in [9.17, 15) is 24.5 Å². The highest BCUT2D eigenvalue weighted by atomic mass is 16.8. The number of azide groups is 1. The van der Waals surface area contributed by atoms with Gasteiger partial charge in [0.15, 0.2) is 12.2 Å². The number of nitro benzene ring substituents is 1. The summed E-state index contributed by atoms with van der Waals surface area (Å²) in [7, 11) is 0. The molecule has 1 aliphatic heterocycles. The molecule has 0 radical (unpaired) electrons. The van der Waals surface area contributed by atoms with Gasteiger partial charge in [0.25, 0.3) is 5.69 Å². The summed E-state index contributed by atoms with van der Waals surface area (Å²) in [6.45, 7) is 9.81. The van der Waals surface area contributed by atoms with E-state index in [0.717, 1.165) is 12.1 Å². The molecule has 3 rings (SSSR count). The Labute approximate surface area is 247 Å². The van der Waals surface area contributed by atoms with Crippen molar-refractivity contribution in [1.29, 1.82) is 0 Å². The van der Waals surface area contributed by atoms with Crippen LogP contribution in [-0.4, -0.2) is 64.2 Å². The van der Waals surface area contributed by atoms with Crippen molar-refractivity contribution in [2.24, 2.45) is 5.11 Å². The van der Waals surface area contributed by atoms with Crippen LogP contribution in [0.3, 0.4) is 0 Å². The summed E-state index contributed by atoms with van der Waals surface area (Å²) in [6, 6.07) is 10.3. The number of carbonyl (C=O) groups is 3. The summed E-state index contributed by atoms with van der Waals surface area (Å²) in [5, 5.41) is 14.5. The summed E-state index contributed by atoms with van der Waals surface area (Å²) < 4.78 is 27.3. The maximum atomic E-state index is 13.3. The number of ether oxygens (including phenoxy) is 5. The summed E-state index contributed by atoms with van der Waals surface area (Å²) in [6.07, 6.45) is -5.30. The molecule has 0 saturated carbocycles. The second-order valence-corrected chi connectivity index (χ2v) is 11.6. The van der Waals surface area contributed by atoms with E-state index < -0.39 is 52.8 Å². The monoisotopic (exact) mass is 599 g/mol. The van der Waals surface area contributed by atoms with E-state index in [1.165, 1.54) is 17.0 Å². The number of amides is 1. The fourth-order valence-corrected chi connectivity index (χ4v) is 4.13. The molecule has 2 aromatic carbocycles. The van der Waals surface area contributed by atoms with E-state index in [4.69, 9.17) is 29.2 Å². The molecule has 0 N–H and O–H groups in total. The van der Waals surface area contributed by atoms with Crippen LogP contribution >= 0.6 is 0 Å². The standard InChI is InChI=1S/C28H33N5O10/c1-27(2,3)42-24(34)32-16-22(40-26(36)43-28(4,5)6)23(21(32)15-17-7-9-18(10-8-17)30-31-29)41-25(35)39-20-13-11-19(12-14-20)33(37)38/h7-14,21-23H,15-16H2,1-6H3/t21-,22+,23+/m1/s1. The fourth-order valence-electron chi connectivity index (χ4n) is 4.13. The maximum Gasteiger partial charge on any atom is 0.514 e. The zero-order chi connectivity index (χ0) is 31.9. The van der Waals surface area contributed by atoms with E-state index in [1.807, 2.05) is 0 Å². The molecule has 3 atom stereocenters. The SMILES string of the molecule is CC(C)(C)OC(=O)O[C@H]1CN(C(=O)OC(C)(C)C)[C@H](Cc2ccc(N=[N+]=[N-])cc2)[C@@H]1OC(=O)Oc1ccc([N+](=O)[O-])cc1. The first kappa shape index (κ1) is 32.5. The van der Waals surface area contributed by atoms with Gasteiger partial charge in [-0.2, -0.15) is 0 Å². The van der Waals surface area contributed by atoms with Crippen molar-refractivity contribution >= 4 is 29.8 Å². The molecule has 0 aliphatic carbocycles. The second-order valence-electron chi connectivity index (χ2n) is 11.6. The van der Waals surface area contributed by atoms with Gasteiger partial charge in [-0.25, -0.2) is 14.4 Å². The Morgan fingerprint density at radius 1 is 0.953 bits per heavy atom. The van der Waals surface area contributed by atoms with Gasteiger partial charge >= 0.3 is 18.4 Å². The first-order valence-electron chi connectivity index (χ1n) is 13.2. The highest BCUT2D eigenvalue weighted by Gasteiger charge is 2.50. The largest absolute Gasteiger partial charge is 0.514 e. The fraction of sp³-hybridized carbons (Fsp3) is 0.464. The highest BCUT2D eigenvalue weighted by molar-refractivity contribution is 5.70. The third kappa shape index (κ3) is 9.78. The van der Waals surface area contributed by atoms with E-state index in [1.54, 1.807) is 65.8 Å². The third-order valence-electron chi connectivity index (χ3n) is 5.81. The molecule has 0 aromatic heterocycles. The predicted molar refractivity (Wildman–Crippen MR) is 151 cm³/mol. The van der Waals surface area contributed by atoms with Crippen molar-refractivity contribution in [2.45, 2.75) is 77.4 Å². The maximum absolute atomic E-state index is 13.3. The summed E-state index contributed by atoms with van der Waals surface area (Å²) >= 11 is 0. The van der Waals surface area contributed by atoms with Gasteiger partial charge in [0.2, 0.25) is 0 Å². The third-order valence-corrected chi connectivity index (χ3v) is 5.81. The minimum Gasteiger partial charge on any atom is -0.444 e. The lowest BCUT2D eigenvalue weighted by molar-refractivity contribution is -0.384. The molecule has 1 heterocycles. The van der Waals surface area contributed by atoms with Gasteiger partial charge in [0.05, 0.1) is 17.5 Å². The van der Waals surface area contributed by atoms with Gasteiger partial charge in [-0.3, -0.25) is 15.0 Å². The van der Waals surface area contributed by atoms with Crippen molar-refractivity contribution in [1.82, 2.24) is 4.90 Å². The van der Waals surface area contributed by atoms with E-state index in [2.05, 4.69) is 10.0 Å². The normalized spacial score (nSPS) is 18.2. The molecular weight excluding hydrogens is 566 g/mol. The molecule has 0 unspecified atom stereocenters. The van der Waals surface area contributed by atoms with Crippen molar-refractivity contribution in [3.05, 3.63) is 74.7 Å². The minimum absolute atomic E-state index is 0.0348. The van der Waals surface area contributed by atoms with Crippen LogP contribution in [0, 0.1) is 10.1 Å². The zero-order valence-corrected chi connectivity index (χ0v) is 24.6. The topological polar surface area (TPSA) is 192 Å². The number of carbonyl (C=O) groups excluding carboxylic acids is 3. The van der Waals surface area contributed by atoms with Crippen LogP contribution < -0.4 is 4.74 Å². The molecule has 1 saturated heterocycles. The molecule has 230 valence electrons. The number of benzene rings is 2. The van der Waals surface area contributed by atoms with Gasteiger partial charge in [0, 0.05) is 22.7 Å². The molecule has 0 spiro atoms. The second kappa shape index (κ2) is 13.3. The number of nitrogens with zero attached hydrogens (tertiary/aromatic N) is 5. The molecule has 1 fully saturated rings. The van der Waals surface area contributed by atoms with Crippen LogP contribution in [0.2, 0.25) is 0 Å². The van der Waals surface area contributed by atoms with Gasteiger partial charge < -0.3 is 23.7 Å². The summed E-state index contributed by atoms with van der Waals surface area (Å²) in [5.74, 6) is -0.0348. The lowest BCUT2D eigenvalue weighted by atomic mass is 10.0. The number of hydrogen-bond donors (Lipinski definition) is 0. The van der Waals surface area contributed by atoms with Crippen molar-refractivity contribution < 1.29 is 43.0 Å². The van der Waals surface area contributed by atoms with Gasteiger partial charge in [0.1, 0.15) is 17.0 Å². The van der Waals surface area contributed by atoms with Crippen LogP contribution in [0.1, 0.15) is 47.1 Å². The molecule has 2 aromatic rings. The Morgan fingerprint density at radius 2 is 1.56 bits per heavy atom. The first-order valence-corrected chi connectivity index (χ1v) is 13.2. The molecule has 1 aliphatic rings. The average molecular weight is 600 g/mol.